The molecule has 2 atom stereocenters. The molecule has 1 fully saturated rings. The van der Waals surface area contributed by atoms with Gasteiger partial charge in [0.05, 0.1) is 17.5 Å². The van der Waals surface area contributed by atoms with Crippen LogP contribution in [0.3, 0.4) is 0 Å². The first-order valence-corrected chi connectivity index (χ1v) is 8.26. The Hall–Kier alpha value is -2.88. The van der Waals surface area contributed by atoms with Crippen LogP contribution in [0.15, 0.2) is 30.5 Å². The fourth-order valence-corrected chi connectivity index (χ4v) is 3.36. The van der Waals surface area contributed by atoms with Crippen molar-refractivity contribution < 1.29 is 9.18 Å². The van der Waals surface area contributed by atoms with Gasteiger partial charge in [-0.2, -0.15) is 10.4 Å². The van der Waals surface area contributed by atoms with E-state index in [2.05, 4.69) is 16.5 Å². The van der Waals surface area contributed by atoms with Gasteiger partial charge in [0.15, 0.2) is 5.82 Å². The molecule has 1 aliphatic carbocycles. The van der Waals surface area contributed by atoms with E-state index in [0.29, 0.717) is 11.5 Å². The van der Waals surface area contributed by atoms with E-state index in [1.54, 1.807) is 23.0 Å². The van der Waals surface area contributed by atoms with Crippen molar-refractivity contribution in [2.75, 3.05) is 5.32 Å². The third-order valence-corrected chi connectivity index (χ3v) is 4.84. The Morgan fingerprint density at radius 2 is 2.16 bits per heavy atom. The van der Waals surface area contributed by atoms with Gasteiger partial charge in [-0.3, -0.25) is 9.48 Å². The van der Waals surface area contributed by atoms with Gasteiger partial charge in [0, 0.05) is 11.9 Å². The van der Waals surface area contributed by atoms with Crippen LogP contribution in [0.4, 0.5) is 15.9 Å². The van der Waals surface area contributed by atoms with Crippen LogP contribution in [-0.4, -0.2) is 15.7 Å². The van der Waals surface area contributed by atoms with E-state index in [-0.39, 0.29) is 17.4 Å². The fraction of sp³-hybridized carbons (Fsp3) is 0.389. The minimum absolute atomic E-state index is 0.117. The second kappa shape index (κ2) is 6.55. The van der Waals surface area contributed by atoms with Crippen molar-refractivity contribution in [1.82, 2.24) is 9.78 Å². The van der Waals surface area contributed by atoms with Gasteiger partial charge in [-0.05, 0) is 44.0 Å². The molecule has 2 unspecified atom stereocenters. The van der Waals surface area contributed by atoms with Gasteiger partial charge in [0.1, 0.15) is 11.4 Å². The summed E-state index contributed by atoms with van der Waals surface area (Å²) in [6.45, 7) is 1.93. The molecule has 1 aliphatic rings. The van der Waals surface area contributed by atoms with Crippen molar-refractivity contribution in [3.8, 4) is 6.07 Å². The van der Waals surface area contributed by atoms with Crippen molar-refractivity contribution in [1.29, 1.82) is 5.26 Å². The highest BCUT2D eigenvalue weighted by atomic mass is 19.1. The largest absolute Gasteiger partial charge is 0.365 e. The quantitative estimate of drug-likeness (QED) is 0.889. The maximum absolute atomic E-state index is 13.1. The number of nitriles is 1. The molecule has 3 N–H and O–H groups in total. The van der Waals surface area contributed by atoms with Crippen LogP contribution in [0, 0.1) is 22.6 Å². The summed E-state index contributed by atoms with van der Waals surface area (Å²) in [6, 6.07) is 8.03. The minimum atomic E-state index is -0.606. The second-order valence-corrected chi connectivity index (χ2v) is 6.66. The number of aromatic nitrogens is 2. The molecule has 0 spiro atoms. The van der Waals surface area contributed by atoms with Crippen molar-refractivity contribution in [3.05, 3.63) is 41.8 Å². The number of rotatable bonds is 4. The molecule has 25 heavy (non-hydrogen) atoms. The monoisotopic (exact) mass is 341 g/mol. The highest BCUT2D eigenvalue weighted by molar-refractivity contribution is 5.98. The zero-order chi connectivity index (χ0) is 18.0. The van der Waals surface area contributed by atoms with Gasteiger partial charge in [0.2, 0.25) is 0 Å². The number of hydrogen-bond donors (Lipinski definition) is 2. The number of carbonyl (C=O) groups excluding carboxylic acids is 1. The first-order chi connectivity index (χ1) is 11.9. The molecule has 1 aromatic carbocycles. The molecule has 3 rings (SSSR count). The maximum Gasteiger partial charge on any atom is 0.254 e. The van der Waals surface area contributed by atoms with E-state index in [1.807, 2.05) is 6.92 Å². The third-order valence-electron chi connectivity index (χ3n) is 4.84. The van der Waals surface area contributed by atoms with Crippen LogP contribution in [0.1, 0.15) is 49.0 Å². The topological polar surface area (TPSA) is 96.7 Å². The number of anilines is 2. The number of hydrogen-bond acceptors (Lipinski definition) is 4. The van der Waals surface area contributed by atoms with Crippen molar-refractivity contribution in [3.63, 3.8) is 0 Å². The predicted molar refractivity (Wildman–Crippen MR) is 91.7 cm³/mol. The highest BCUT2D eigenvalue weighted by Crippen LogP contribution is 2.43. The number of halogens is 1. The Balaban J connectivity index is 1.95. The van der Waals surface area contributed by atoms with Crippen molar-refractivity contribution in [2.45, 2.75) is 38.6 Å². The fourth-order valence-electron chi connectivity index (χ4n) is 3.36. The van der Waals surface area contributed by atoms with Gasteiger partial charge >= 0.3 is 0 Å². The lowest BCUT2D eigenvalue weighted by Crippen LogP contribution is -2.32. The Labute approximate surface area is 145 Å². The molecule has 1 heterocycles. The maximum atomic E-state index is 13.1. The number of nitrogens with two attached hydrogens (primary N) is 1. The van der Waals surface area contributed by atoms with E-state index < -0.39 is 11.3 Å². The summed E-state index contributed by atoms with van der Waals surface area (Å²) in [5.41, 5.74) is 5.79. The lowest BCUT2D eigenvalue weighted by molar-refractivity contribution is 0.100. The van der Waals surface area contributed by atoms with E-state index in [1.165, 1.54) is 12.1 Å². The van der Waals surface area contributed by atoms with Gasteiger partial charge in [-0.1, -0.05) is 12.8 Å². The van der Waals surface area contributed by atoms with Crippen LogP contribution in [-0.2, 0) is 0 Å². The van der Waals surface area contributed by atoms with Gasteiger partial charge in [-0.25, -0.2) is 4.39 Å². The summed E-state index contributed by atoms with van der Waals surface area (Å²) in [4.78, 5) is 11.8. The van der Waals surface area contributed by atoms with E-state index in [0.717, 1.165) is 25.7 Å². The summed E-state index contributed by atoms with van der Waals surface area (Å²) in [6.07, 6.45) is 5.22. The molecule has 1 amide bonds. The molecular weight excluding hydrogens is 321 g/mol. The first-order valence-electron chi connectivity index (χ1n) is 8.26. The van der Waals surface area contributed by atoms with E-state index >= 15 is 0 Å². The van der Waals surface area contributed by atoms with Crippen LogP contribution < -0.4 is 11.1 Å². The number of nitrogens with zero attached hydrogens (tertiary/aromatic N) is 3. The number of carbonyl (C=O) groups is 1. The summed E-state index contributed by atoms with van der Waals surface area (Å²) in [7, 11) is 0. The van der Waals surface area contributed by atoms with E-state index in [4.69, 9.17) is 5.73 Å². The molecule has 0 radical (unpaired) electrons. The molecule has 0 bridgehead atoms. The average Bonchev–Trinajstić information content (AvgIpc) is 3.01. The normalized spacial score (nSPS) is 23.0. The molecule has 0 aliphatic heterocycles. The summed E-state index contributed by atoms with van der Waals surface area (Å²) in [5.74, 6) is -0.645. The number of primary amides is 1. The molecule has 7 heteroatoms. The first kappa shape index (κ1) is 17.0. The standard InChI is InChI=1S/C18H20FN5O/c1-18(11-20)9-3-2-4-15(18)24-10-14(16(21)25)17(23-24)22-13-7-5-12(19)6-8-13/h5-8,10,15H,2-4,9H2,1H3,(H2,21,25)(H,22,23). The molecule has 1 aromatic heterocycles. The second-order valence-electron chi connectivity index (χ2n) is 6.66. The van der Waals surface area contributed by atoms with Crippen LogP contribution in [0.25, 0.3) is 0 Å². The van der Waals surface area contributed by atoms with Gasteiger partial charge < -0.3 is 11.1 Å². The third kappa shape index (κ3) is 3.33. The number of nitrogens with one attached hydrogen (secondary N) is 1. The van der Waals surface area contributed by atoms with Crippen LogP contribution in [0.5, 0.6) is 0 Å². The molecule has 6 nitrogen and oxygen atoms in total. The lowest BCUT2D eigenvalue weighted by atomic mass is 9.73. The highest BCUT2D eigenvalue weighted by Gasteiger charge is 2.39. The molecule has 0 saturated heterocycles. The SMILES string of the molecule is CC1(C#N)CCCCC1n1cc(C(N)=O)c(Nc2ccc(F)cc2)n1. The van der Waals surface area contributed by atoms with Gasteiger partial charge in [0.25, 0.3) is 5.91 Å². The summed E-state index contributed by atoms with van der Waals surface area (Å²) < 4.78 is 14.7. The van der Waals surface area contributed by atoms with Crippen LogP contribution in [0.2, 0.25) is 0 Å². The van der Waals surface area contributed by atoms with Crippen molar-refractivity contribution >= 4 is 17.4 Å². The minimum Gasteiger partial charge on any atom is -0.365 e. The summed E-state index contributed by atoms with van der Waals surface area (Å²) >= 11 is 0. The predicted octanol–water partition coefficient (Wildman–Crippen LogP) is 3.51. The zero-order valence-electron chi connectivity index (χ0n) is 14.0. The van der Waals surface area contributed by atoms with Gasteiger partial charge in [-0.15, -0.1) is 0 Å². The smallest absolute Gasteiger partial charge is 0.254 e. The van der Waals surface area contributed by atoms with Crippen molar-refractivity contribution in [2.24, 2.45) is 11.1 Å². The Bertz CT molecular complexity index is 823. The molecule has 2 aromatic rings. The molecule has 130 valence electrons. The van der Waals surface area contributed by atoms with E-state index in [9.17, 15) is 14.4 Å². The average molecular weight is 341 g/mol. The number of amides is 1. The Morgan fingerprint density at radius 1 is 1.44 bits per heavy atom. The molecule has 1 saturated carbocycles. The zero-order valence-corrected chi connectivity index (χ0v) is 14.0. The lowest BCUT2D eigenvalue weighted by Gasteiger charge is -2.35. The Kier molecular flexibility index (Phi) is 4.45. The van der Waals surface area contributed by atoms with Crippen LogP contribution >= 0.6 is 0 Å². The number of benzene rings is 1. The summed E-state index contributed by atoms with van der Waals surface area (Å²) in [5, 5.41) is 17.1. The molecular formula is C18H20FN5O. The Morgan fingerprint density at radius 3 is 2.80 bits per heavy atom.